The van der Waals surface area contributed by atoms with E-state index in [1.54, 1.807) is 13.0 Å². The molecule has 1 heterocycles. The molecule has 0 spiro atoms. The second-order valence-corrected chi connectivity index (χ2v) is 6.09. The van der Waals surface area contributed by atoms with Gasteiger partial charge in [0, 0.05) is 11.8 Å². The van der Waals surface area contributed by atoms with Gasteiger partial charge in [-0.15, -0.1) is 0 Å². The minimum absolute atomic E-state index is 0.229. The van der Waals surface area contributed by atoms with E-state index in [0.29, 0.717) is 33.0 Å². The third-order valence-corrected chi connectivity index (χ3v) is 4.44. The predicted octanol–water partition coefficient (Wildman–Crippen LogP) is 5.70. The van der Waals surface area contributed by atoms with Crippen molar-refractivity contribution in [3.8, 4) is 11.5 Å². The van der Waals surface area contributed by atoms with Gasteiger partial charge in [-0.25, -0.2) is 0 Å². The Morgan fingerprint density at radius 2 is 1.71 bits per heavy atom. The summed E-state index contributed by atoms with van der Waals surface area (Å²) < 4.78 is 11.9. The highest BCUT2D eigenvalue weighted by molar-refractivity contribution is 9.10. The van der Waals surface area contributed by atoms with Crippen molar-refractivity contribution >= 4 is 27.5 Å². The van der Waals surface area contributed by atoms with Crippen molar-refractivity contribution in [3.05, 3.63) is 76.2 Å². The Bertz CT molecular complexity index is 872. The summed E-state index contributed by atoms with van der Waals surface area (Å²) >= 11 is 3.39. The standard InChI is InChI=1S/C19H16BrNO3/c1-12-17(18(20)13(2)23-12)19(22)21-14-7-6-10-16(11-14)24-15-8-4-3-5-9-15/h3-11H,1-2H3,(H,21,22). The number of anilines is 1. The monoisotopic (exact) mass is 385 g/mol. The molecule has 0 radical (unpaired) electrons. The molecular weight excluding hydrogens is 370 g/mol. The van der Waals surface area contributed by atoms with Crippen molar-refractivity contribution in [2.75, 3.05) is 5.32 Å². The maximum Gasteiger partial charge on any atom is 0.260 e. The molecule has 3 rings (SSSR count). The van der Waals surface area contributed by atoms with Gasteiger partial charge in [-0.05, 0) is 54.0 Å². The van der Waals surface area contributed by atoms with Crippen molar-refractivity contribution in [1.82, 2.24) is 0 Å². The number of amides is 1. The van der Waals surface area contributed by atoms with Crippen LogP contribution in [0.2, 0.25) is 0 Å². The third-order valence-electron chi connectivity index (χ3n) is 3.48. The number of rotatable bonds is 4. The summed E-state index contributed by atoms with van der Waals surface area (Å²) in [5.74, 6) is 2.42. The molecule has 2 aromatic carbocycles. The number of carbonyl (C=O) groups excluding carboxylic acids is 1. The lowest BCUT2D eigenvalue weighted by Crippen LogP contribution is -2.12. The van der Waals surface area contributed by atoms with Gasteiger partial charge in [-0.1, -0.05) is 24.3 Å². The summed E-state index contributed by atoms with van der Waals surface area (Å²) in [6.07, 6.45) is 0. The molecule has 5 heteroatoms. The number of halogens is 1. The van der Waals surface area contributed by atoms with E-state index in [0.717, 1.165) is 5.75 Å². The molecule has 0 saturated carbocycles. The maximum atomic E-state index is 12.5. The lowest BCUT2D eigenvalue weighted by atomic mass is 10.2. The minimum atomic E-state index is -0.229. The third kappa shape index (κ3) is 3.51. The summed E-state index contributed by atoms with van der Waals surface area (Å²) in [7, 11) is 0. The molecule has 0 bridgehead atoms. The molecule has 0 aliphatic carbocycles. The van der Waals surface area contributed by atoms with E-state index in [-0.39, 0.29) is 5.91 Å². The maximum absolute atomic E-state index is 12.5. The fourth-order valence-electron chi connectivity index (χ4n) is 2.37. The van der Waals surface area contributed by atoms with Gasteiger partial charge in [0.2, 0.25) is 0 Å². The highest BCUT2D eigenvalue weighted by Crippen LogP contribution is 2.29. The first kappa shape index (κ1) is 16.3. The van der Waals surface area contributed by atoms with Crippen LogP contribution in [0.15, 0.2) is 63.5 Å². The molecule has 0 fully saturated rings. The predicted molar refractivity (Wildman–Crippen MR) is 96.8 cm³/mol. The number of ether oxygens (including phenoxy) is 1. The Labute approximate surface area is 148 Å². The second-order valence-electron chi connectivity index (χ2n) is 5.30. The zero-order valence-electron chi connectivity index (χ0n) is 13.3. The van der Waals surface area contributed by atoms with Crippen LogP contribution in [-0.4, -0.2) is 5.91 Å². The number of hydrogen-bond acceptors (Lipinski definition) is 3. The Morgan fingerprint density at radius 1 is 1.00 bits per heavy atom. The number of hydrogen-bond donors (Lipinski definition) is 1. The molecule has 0 atom stereocenters. The first-order valence-corrected chi connectivity index (χ1v) is 8.23. The van der Waals surface area contributed by atoms with Crippen molar-refractivity contribution in [2.24, 2.45) is 0 Å². The molecule has 0 saturated heterocycles. The lowest BCUT2D eigenvalue weighted by Gasteiger charge is -2.09. The van der Waals surface area contributed by atoms with Crippen LogP contribution in [0.25, 0.3) is 0 Å². The molecule has 1 N–H and O–H groups in total. The van der Waals surface area contributed by atoms with Crippen LogP contribution in [0, 0.1) is 13.8 Å². The molecule has 1 amide bonds. The summed E-state index contributed by atoms with van der Waals surface area (Å²) in [5, 5.41) is 2.87. The van der Waals surface area contributed by atoms with Crippen molar-refractivity contribution in [1.29, 1.82) is 0 Å². The topological polar surface area (TPSA) is 51.5 Å². The van der Waals surface area contributed by atoms with Crippen molar-refractivity contribution in [2.45, 2.75) is 13.8 Å². The van der Waals surface area contributed by atoms with E-state index in [1.807, 2.05) is 55.5 Å². The number of furan rings is 1. The van der Waals surface area contributed by atoms with Crippen molar-refractivity contribution in [3.63, 3.8) is 0 Å². The first-order chi connectivity index (χ1) is 11.5. The normalized spacial score (nSPS) is 10.5. The van der Waals surface area contributed by atoms with E-state index < -0.39 is 0 Å². The molecule has 1 aromatic heterocycles. The van der Waals surface area contributed by atoms with Crippen LogP contribution in [-0.2, 0) is 0 Å². The fourth-order valence-corrected chi connectivity index (χ4v) is 2.91. The van der Waals surface area contributed by atoms with Gasteiger partial charge in [0.1, 0.15) is 23.0 Å². The van der Waals surface area contributed by atoms with Crippen LogP contribution in [0.3, 0.4) is 0 Å². The number of benzene rings is 2. The number of para-hydroxylation sites is 1. The number of nitrogens with one attached hydrogen (secondary N) is 1. The fraction of sp³-hybridized carbons (Fsp3) is 0.105. The number of aryl methyl sites for hydroxylation is 2. The zero-order chi connectivity index (χ0) is 17.1. The molecule has 122 valence electrons. The van der Waals surface area contributed by atoms with Gasteiger partial charge in [0.15, 0.2) is 0 Å². The molecule has 24 heavy (non-hydrogen) atoms. The van der Waals surface area contributed by atoms with E-state index in [2.05, 4.69) is 21.2 Å². The summed E-state index contributed by atoms with van der Waals surface area (Å²) in [5.41, 5.74) is 1.15. The van der Waals surface area contributed by atoms with Crippen LogP contribution >= 0.6 is 15.9 Å². The van der Waals surface area contributed by atoms with Crippen LogP contribution in [0.1, 0.15) is 21.9 Å². The first-order valence-electron chi connectivity index (χ1n) is 7.44. The zero-order valence-corrected chi connectivity index (χ0v) is 14.9. The molecule has 3 aromatic rings. The largest absolute Gasteiger partial charge is 0.465 e. The van der Waals surface area contributed by atoms with Gasteiger partial charge in [-0.2, -0.15) is 0 Å². The Morgan fingerprint density at radius 3 is 2.38 bits per heavy atom. The lowest BCUT2D eigenvalue weighted by molar-refractivity contribution is 0.102. The summed E-state index contributed by atoms with van der Waals surface area (Å²) in [4.78, 5) is 12.5. The van der Waals surface area contributed by atoms with Gasteiger partial charge in [0.25, 0.3) is 5.91 Å². The molecule has 0 aliphatic rings. The highest BCUT2D eigenvalue weighted by Gasteiger charge is 2.20. The minimum Gasteiger partial charge on any atom is -0.465 e. The van der Waals surface area contributed by atoms with E-state index in [4.69, 9.17) is 9.15 Å². The van der Waals surface area contributed by atoms with Crippen LogP contribution in [0.4, 0.5) is 5.69 Å². The molecule has 4 nitrogen and oxygen atoms in total. The average molecular weight is 386 g/mol. The molecule has 0 unspecified atom stereocenters. The molecular formula is C19H16BrNO3. The van der Waals surface area contributed by atoms with E-state index in [9.17, 15) is 4.79 Å². The van der Waals surface area contributed by atoms with Gasteiger partial charge in [0.05, 0.1) is 10.0 Å². The quantitative estimate of drug-likeness (QED) is 0.626. The van der Waals surface area contributed by atoms with E-state index >= 15 is 0 Å². The van der Waals surface area contributed by atoms with Crippen LogP contribution in [0.5, 0.6) is 11.5 Å². The van der Waals surface area contributed by atoms with Crippen molar-refractivity contribution < 1.29 is 13.9 Å². The van der Waals surface area contributed by atoms with Gasteiger partial charge < -0.3 is 14.5 Å². The SMILES string of the molecule is Cc1oc(C)c(C(=O)Nc2cccc(Oc3ccccc3)c2)c1Br. The summed E-state index contributed by atoms with van der Waals surface area (Å²) in [6, 6.07) is 16.7. The average Bonchev–Trinajstić information content (AvgIpc) is 2.81. The van der Waals surface area contributed by atoms with Gasteiger partial charge >= 0.3 is 0 Å². The Balaban J connectivity index is 1.78. The van der Waals surface area contributed by atoms with E-state index in [1.165, 1.54) is 0 Å². The Hall–Kier alpha value is -2.53. The Kier molecular flexibility index (Phi) is 4.71. The number of carbonyl (C=O) groups is 1. The van der Waals surface area contributed by atoms with Gasteiger partial charge in [-0.3, -0.25) is 4.79 Å². The van der Waals surface area contributed by atoms with Crippen LogP contribution < -0.4 is 10.1 Å². The second kappa shape index (κ2) is 6.93. The highest BCUT2D eigenvalue weighted by atomic mass is 79.9. The summed E-state index contributed by atoms with van der Waals surface area (Å²) in [6.45, 7) is 3.57. The smallest absolute Gasteiger partial charge is 0.260 e. The molecule has 0 aliphatic heterocycles.